The van der Waals surface area contributed by atoms with E-state index in [2.05, 4.69) is 12.2 Å². The van der Waals surface area contributed by atoms with Gasteiger partial charge in [-0.25, -0.2) is 0 Å². The molecule has 6 heteroatoms. The van der Waals surface area contributed by atoms with E-state index in [1.807, 2.05) is 35.2 Å². The van der Waals surface area contributed by atoms with E-state index in [1.54, 1.807) is 18.2 Å². The summed E-state index contributed by atoms with van der Waals surface area (Å²) in [7, 11) is 3.03. The molecule has 3 aromatic carbocycles. The van der Waals surface area contributed by atoms with Crippen molar-refractivity contribution in [2.75, 3.05) is 31.0 Å². The summed E-state index contributed by atoms with van der Waals surface area (Å²) < 4.78 is 10.7. The molecule has 1 heterocycles. The Balaban J connectivity index is 1.76. The maximum absolute atomic E-state index is 13.1. The molecule has 0 aliphatic carbocycles. The average molecular weight is 404 g/mol. The maximum Gasteiger partial charge on any atom is 0.263 e. The molecule has 0 spiro atoms. The predicted molar refractivity (Wildman–Crippen MR) is 118 cm³/mol. The molecule has 0 bridgehead atoms. The van der Waals surface area contributed by atoms with Crippen LogP contribution in [0.4, 0.5) is 11.4 Å². The quantitative estimate of drug-likeness (QED) is 0.610. The van der Waals surface area contributed by atoms with Crippen LogP contribution in [0.25, 0.3) is 10.8 Å². The van der Waals surface area contributed by atoms with Gasteiger partial charge in [-0.3, -0.25) is 9.59 Å². The van der Waals surface area contributed by atoms with E-state index in [-0.39, 0.29) is 11.8 Å². The SMILES string of the molecule is CCCCN1C(=O)c2cccc3c(NC(=O)c4c(OC)cccc4OC)ccc1c23. The summed E-state index contributed by atoms with van der Waals surface area (Å²) in [4.78, 5) is 27.9. The second-order valence-corrected chi connectivity index (χ2v) is 7.16. The minimum atomic E-state index is -0.336. The average Bonchev–Trinajstić information content (AvgIpc) is 3.05. The Kier molecular flexibility index (Phi) is 5.31. The summed E-state index contributed by atoms with van der Waals surface area (Å²) in [6, 6.07) is 14.6. The molecule has 0 fully saturated rings. The van der Waals surface area contributed by atoms with Crippen LogP contribution >= 0.6 is 0 Å². The highest BCUT2D eigenvalue weighted by Crippen LogP contribution is 2.41. The molecule has 30 heavy (non-hydrogen) atoms. The van der Waals surface area contributed by atoms with Crippen LogP contribution in [0.5, 0.6) is 11.5 Å². The molecule has 0 saturated carbocycles. The number of carbonyl (C=O) groups excluding carboxylic acids is 2. The topological polar surface area (TPSA) is 67.9 Å². The fraction of sp³-hybridized carbons (Fsp3) is 0.250. The molecule has 0 atom stereocenters. The molecule has 6 nitrogen and oxygen atoms in total. The van der Waals surface area contributed by atoms with Crippen molar-refractivity contribution in [2.45, 2.75) is 19.8 Å². The van der Waals surface area contributed by atoms with Crippen molar-refractivity contribution in [3.63, 3.8) is 0 Å². The Morgan fingerprint density at radius 1 is 1.00 bits per heavy atom. The summed E-state index contributed by atoms with van der Waals surface area (Å²) in [5, 5.41) is 4.69. The van der Waals surface area contributed by atoms with E-state index >= 15 is 0 Å². The molecule has 4 rings (SSSR count). The normalized spacial score (nSPS) is 12.4. The molecular formula is C24H24N2O4. The van der Waals surface area contributed by atoms with Gasteiger partial charge in [0.05, 0.1) is 19.9 Å². The lowest BCUT2D eigenvalue weighted by Gasteiger charge is -2.18. The Bertz CT molecular complexity index is 1120. The van der Waals surface area contributed by atoms with Crippen LogP contribution in [-0.2, 0) is 0 Å². The van der Waals surface area contributed by atoms with Crippen LogP contribution in [0, 0.1) is 0 Å². The van der Waals surface area contributed by atoms with Crippen LogP contribution in [0.1, 0.15) is 40.5 Å². The number of ether oxygens (including phenoxy) is 2. The van der Waals surface area contributed by atoms with Crippen LogP contribution < -0.4 is 19.7 Å². The van der Waals surface area contributed by atoms with Crippen molar-refractivity contribution in [3.05, 3.63) is 59.7 Å². The Morgan fingerprint density at radius 3 is 2.37 bits per heavy atom. The molecule has 3 aromatic rings. The van der Waals surface area contributed by atoms with Crippen molar-refractivity contribution >= 4 is 34.0 Å². The van der Waals surface area contributed by atoms with E-state index in [0.29, 0.717) is 34.9 Å². The summed E-state index contributed by atoms with van der Waals surface area (Å²) in [5.74, 6) is 0.536. The molecule has 1 aliphatic heterocycles. The zero-order valence-electron chi connectivity index (χ0n) is 17.3. The molecule has 1 N–H and O–H groups in total. The van der Waals surface area contributed by atoms with Crippen LogP contribution in [-0.4, -0.2) is 32.6 Å². The number of rotatable bonds is 7. The lowest BCUT2D eigenvalue weighted by molar-refractivity contribution is 0.0990. The van der Waals surface area contributed by atoms with E-state index in [0.717, 1.165) is 29.3 Å². The molecule has 2 amide bonds. The van der Waals surface area contributed by atoms with Crippen molar-refractivity contribution in [3.8, 4) is 11.5 Å². The van der Waals surface area contributed by atoms with Gasteiger partial charge in [-0.1, -0.05) is 31.5 Å². The molecule has 154 valence electrons. The number of hydrogen-bond acceptors (Lipinski definition) is 4. The van der Waals surface area contributed by atoms with Gasteiger partial charge in [0.1, 0.15) is 17.1 Å². The molecule has 0 radical (unpaired) electrons. The molecule has 0 saturated heterocycles. The maximum atomic E-state index is 13.1. The van der Waals surface area contributed by atoms with Crippen LogP contribution in [0.3, 0.4) is 0 Å². The third kappa shape index (κ3) is 3.14. The van der Waals surface area contributed by atoms with Gasteiger partial charge in [-0.2, -0.15) is 0 Å². The molecule has 0 aromatic heterocycles. The number of methoxy groups -OCH3 is 2. The highest BCUT2D eigenvalue weighted by molar-refractivity contribution is 6.27. The number of anilines is 2. The van der Waals surface area contributed by atoms with Gasteiger partial charge < -0.3 is 19.7 Å². The van der Waals surface area contributed by atoms with E-state index in [9.17, 15) is 9.59 Å². The van der Waals surface area contributed by atoms with Crippen molar-refractivity contribution in [2.24, 2.45) is 0 Å². The number of nitrogens with one attached hydrogen (secondary N) is 1. The minimum Gasteiger partial charge on any atom is -0.496 e. The lowest BCUT2D eigenvalue weighted by atomic mass is 10.0. The van der Waals surface area contributed by atoms with Crippen LogP contribution in [0.15, 0.2) is 48.5 Å². The second kappa shape index (κ2) is 8.06. The number of unbranched alkanes of at least 4 members (excludes halogenated alkanes) is 1. The second-order valence-electron chi connectivity index (χ2n) is 7.16. The van der Waals surface area contributed by atoms with Gasteiger partial charge in [-0.05, 0) is 36.8 Å². The lowest BCUT2D eigenvalue weighted by Crippen LogP contribution is -2.27. The number of amides is 2. The zero-order chi connectivity index (χ0) is 21.3. The predicted octanol–water partition coefficient (Wildman–Crippen LogP) is 4.87. The van der Waals surface area contributed by atoms with Gasteiger partial charge in [0.2, 0.25) is 0 Å². The number of carbonyl (C=O) groups is 2. The van der Waals surface area contributed by atoms with Gasteiger partial charge in [-0.15, -0.1) is 0 Å². The molecular weight excluding hydrogens is 380 g/mol. The summed E-state index contributed by atoms with van der Waals surface area (Å²) >= 11 is 0. The highest BCUT2D eigenvalue weighted by Gasteiger charge is 2.30. The Labute approximate surface area is 175 Å². The first-order chi connectivity index (χ1) is 14.6. The first kappa shape index (κ1) is 19.8. The van der Waals surface area contributed by atoms with E-state index < -0.39 is 0 Å². The summed E-state index contributed by atoms with van der Waals surface area (Å²) in [5.41, 5.74) is 2.53. The molecule has 1 aliphatic rings. The third-order valence-electron chi connectivity index (χ3n) is 5.42. The van der Waals surface area contributed by atoms with Gasteiger partial charge in [0, 0.05) is 28.6 Å². The first-order valence-corrected chi connectivity index (χ1v) is 10.0. The van der Waals surface area contributed by atoms with Gasteiger partial charge in [0.25, 0.3) is 11.8 Å². The zero-order valence-corrected chi connectivity index (χ0v) is 17.3. The Morgan fingerprint density at radius 2 is 1.70 bits per heavy atom. The van der Waals surface area contributed by atoms with Gasteiger partial charge >= 0.3 is 0 Å². The number of hydrogen-bond donors (Lipinski definition) is 1. The smallest absolute Gasteiger partial charge is 0.263 e. The highest BCUT2D eigenvalue weighted by atomic mass is 16.5. The molecule has 0 unspecified atom stereocenters. The fourth-order valence-electron chi connectivity index (χ4n) is 3.95. The van der Waals surface area contributed by atoms with Gasteiger partial charge in [0.15, 0.2) is 0 Å². The summed E-state index contributed by atoms with van der Waals surface area (Å²) in [6.45, 7) is 2.79. The Hall–Kier alpha value is -3.54. The minimum absolute atomic E-state index is 0.0129. The monoisotopic (exact) mass is 404 g/mol. The fourth-order valence-corrected chi connectivity index (χ4v) is 3.95. The summed E-state index contributed by atoms with van der Waals surface area (Å²) in [6.07, 6.45) is 1.95. The first-order valence-electron chi connectivity index (χ1n) is 10.0. The van der Waals surface area contributed by atoms with E-state index in [1.165, 1.54) is 14.2 Å². The van der Waals surface area contributed by atoms with Crippen molar-refractivity contribution in [1.29, 1.82) is 0 Å². The largest absolute Gasteiger partial charge is 0.496 e. The number of benzene rings is 3. The van der Waals surface area contributed by atoms with Crippen LogP contribution in [0.2, 0.25) is 0 Å². The van der Waals surface area contributed by atoms with Crippen molar-refractivity contribution in [1.82, 2.24) is 0 Å². The third-order valence-corrected chi connectivity index (χ3v) is 5.42. The number of nitrogens with zero attached hydrogens (tertiary/aromatic N) is 1. The van der Waals surface area contributed by atoms with E-state index in [4.69, 9.17) is 9.47 Å². The standard InChI is InChI=1S/C24H24N2O4/c1-4-5-14-26-18-13-12-17(15-8-6-9-16(21(15)18)24(26)28)25-23(27)22-19(29-2)10-7-11-20(22)30-3/h6-13H,4-5,14H2,1-3H3,(H,25,27). The van der Waals surface area contributed by atoms with Crippen molar-refractivity contribution < 1.29 is 19.1 Å².